The number of nitrogens with one attached hydrogen (secondary N) is 1. The summed E-state index contributed by atoms with van der Waals surface area (Å²) in [5.74, 6) is -0.683. The van der Waals surface area contributed by atoms with Crippen molar-refractivity contribution in [2.45, 2.75) is 30.7 Å². The van der Waals surface area contributed by atoms with Gasteiger partial charge in [0.25, 0.3) is 5.91 Å². The summed E-state index contributed by atoms with van der Waals surface area (Å²) >= 11 is 17.8. The smallest absolute Gasteiger partial charge is 0.315 e. The Bertz CT molecular complexity index is 650. The molecule has 1 aliphatic carbocycles. The molecule has 0 radical (unpaired) electrons. The van der Waals surface area contributed by atoms with Gasteiger partial charge in [-0.25, -0.2) is 0 Å². The summed E-state index contributed by atoms with van der Waals surface area (Å²) in [6.45, 7) is 3.06. The van der Waals surface area contributed by atoms with E-state index in [4.69, 9.17) is 44.3 Å². The molecule has 5 nitrogen and oxygen atoms in total. The molecule has 1 N–H and O–H groups in total. The van der Waals surface area contributed by atoms with Crippen LogP contribution in [0.15, 0.2) is 18.2 Å². The molecule has 8 heteroatoms. The van der Waals surface area contributed by atoms with E-state index in [1.54, 1.807) is 19.1 Å². The zero-order valence-corrected chi connectivity index (χ0v) is 15.1. The largest absolute Gasteiger partial charge is 0.495 e. The lowest BCUT2D eigenvalue weighted by Crippen LogP contribution is -2.33. The number of anilines is 1. The predicted molar refractivity (Wildman–Crippen MR) is 89.3 cm³/mol. The molecule has 0 aromatic heterocycles. The first-order valence-corrected chi connectivity index (χ1v) is 7.97. The number of amides is 1. The van der Waals surface area contributed by atoms with Gasteiger partial charge in [-0.2, -0.15) is 0 Å². The van der Waals surface area contributed by atoms with Crippen LogP contribution in [0.4, 0.5) is 5.69 Å². The van der Waals surface area contributed by atoms with E-state index in [1.165, 1.54) is 20.1 Å². The van der Waals surface area contributed by atoms with Crippen LogP contribution in [-0.4, -0.2) is 29.4 Å². The molecule has 1 fully saturated rings. The fraction of sp³-hybridized carbons (Fsp3) is 0.467. The van der Waals surface area contributed by atoms with Crippen LogP contribution in [0, 0.1) is 5.41 Å². The highest BCUT2D eigenvalue weighted by atomic mass is 35.5. The van der Waals surface area contributed by atoms with E-state index in [1.807, 2.05) is 0 Å². The van der Waals surface area contributed by atoms with E-state index in [0.717, 1.165) is 0 Å². The summed E-state index contributed by atoms with van der Waals surface area (Å²) in [4.78, 5) is 24.3. The number of methoxy groups -OCH3 is 1. The van der Waals surface area contributed by atoms with Crippen LogP contribution in [0.3, 0.4) is 0 Å². The lowest BCUT2D eigenvalue weighted by Gasteiger charge is -2.18. The maximum Gasteiger partial charge on any atom is 0.315 e. The number of hydrogen-bond donors (Lipinski definition) is 1. The molecule has 1 aromatic rings. The van der Waals surface area contributed by atoms with Crippen LogP contribution in [0.5, 0.6) is 5.75 Å². The van der Waals surface area contributed by atoms with Gasteiger partial charge in [0.15, 0.2) is 6.10 Å². The number of carbonyl (C=O) groups is 2. The molecule has 1 aromatic carbocycles. The Kier molecular flexibility index (Phi) is 5.04. The number of esters is 1. The number of alkyl halides is 2. The van der Waals surface area contributed by atoms with Crippen molar-refractivity contribution < 1.29 is 19.1 Å². The van der Waals surface area contributed by atoms with Crippen molar-refractivity contribution in [1.29, 1.82) is 0 Å². The number of benzene rings is 1. The van der Waals surface area contributed by atoms with Crippen molar-refractivity contribution in [2.75, 3.05) is 12.4 Å². The van der Waals surface area contributed by atoms with Crippen LogP contribution in [-0.2, 0) is 14.3 Å². The molecule has 1 aliphatic rings. The van der Waals surface area contributed by atoms with Gasteiger partial charge in [0, 0.05) is 11.4 Å². The quantitative estimate of drug-likeness (QED) is 0.623. The van der Waals surface area contributed by atoms with Crippen LogP contribution >= 0.6 is 34.8 Å². The monoisotopic (exact) mass is 379 g/mol. The SMILES string of the molecule is COc1ccc(Cl)cc1NC(=O)[C@H](C)OC(=O)[C@]1(C)CC1(Cl)Cl. The van der Waals surface area contributed by atoms with Crippen LogP contribution < -0.4 is 10.1 Å². The highest BCUT2D eigenvalue weighted by Crippen LogP contribution is 2.64. The number of ether oxygens (including phenoxy) is 2. The fourth-order valence-electron chi connectivity index (χ4n) is 1.98. The summed E-state index contributed by atoms with van der Waals surface area (Å²) in [6.07, 6.45) is -0.731. The Morgan fingerprint density at radius 1 is 1.35 bits per heavy atom. The van der Waals surface area contributed by atoms with Gasteiger partial charge < -0.3 is 14.8 Å². The van der Waals surface area contributed by atoms with Gasteiger partial charge in [-0.15, -0.1) is 23.2 Å². The summed E-state index contributed by atoms with van der Waals surface area (Å²) in [5, 5.41) is 3.04. The number of hydrogen-bond acceptors (Lipinski definition) is 4. The minimum absolute atomic E-state index is 0.290. The Labute approximate surface area is 149 Å². The van der Waals surface area contributed by atoms with Crippen molar-refractivity contribution in [1.82, 2.24) is 0 Å². The normalized spacial score (nSPS) is 22.9. The first kappa shape index (κ1) is 18.2. The molecule has 23 heavy (non-hydrogen) atoms. The average molecular weight is 381 g/mol. The van der Waals surface area contributed by atoms with Gasteiger partial charge in [0.2, 0.25) is 0 Å². The summed E-state index contributed by atoms with van der Waals surface area (Å²) in [7, 11) is 1.47. The molecular weight excluding hydrogens is 365 g/mol. The number of rotatable bonds is 5. The van der Waals surface area contributed by atoms with E-state index >= 15 is 0 Å². The molecule has 2 rings (SSSR count). The predicted octanol–water partition coefficient (Wildman–Crippen LogP) is 3.80. The molecule has 126 valence electrons. The maximum atomic E-state index is 12.2. The zero-order chi connectivity index (χ0) is 17.4. The number of halogens is 3. The van der Waals surface area contributed by atoms with Crippen molar-refractivity contribution in [3.05, 3.63) is 23.2 Å². The maximum absolute atomic E-state index is 12.2. The summed E-state index contributed by atoms with van der Waals surface area (Å²) in [5.41, 5.74) is -0.604. The Morgan fingerprint density at radius 3 is 2.48 bits per heavy atom. The molecule has 0 bridgehead atoms. The van der Waals surface area contributed by atoms with E-state index in [9.17, 15) is 9.59 Å². The average Bonchev–Trinajstić information content (AvgIpc) is 2.99. The van der Waals surface area contributed by atoms with Gasteiger partial charge in [0.1, 0.15) is 15.5 Å². The van der Waals surface area contributed by atoms with Gasteiger partial charge in [-0.05, 0) is 32.0 Å². The van der Waals surface area contributed by atoms with Crippen molar-refractivity contribution >= 4 is 52.4 Å². The van der Waals surface area contributed by atoms with Crippen LogP contribution in [0.2, 0.25) is 5.02 Å². The van der Waals surface area contributed by atoms with E-state index < -0.39 is 27.7 Å². The van der Waals surface area contributed by atoms with Crippen molar-refractivity contribution in [3.8, 4) is 5.75 Å². The van der Waals surface area contributed by atoms with E-state index in [2.05, 4.69) is 5.32 Å². The minimum Gasteiger partial charge on any atom is -0.495 e. The van der Waals surface area contributed by atoms with E-state index in [0.29, 0.717) is 22.9 Å². The Hall–Kier alpha value is -1.17. The summed E-state index contributed by atoms with van der Waals surface area (Å²) < 4.78 is 9.15. The lowest BCUT2D eigenvalue weighted by molar-refractivity contribution is -0.158. The standard InChI is InChI=1S/C15H16Cl3NO4/c1-8(23-13(21)14(2)7-15(14,17)18)12(20)19-10-6-9(16)4-5-11(10)22-3/h4-6,8H,7H2,1-3H3,(H,19,20)/t8-,14-/m0/s1. The molecule has 0 unspecified atom stereocenters. The lowest BCUT2D eigenvalue weighted by atomic mass is 10.1. The first-order chi connectivity index (χ1) is 10.6. The second kappa shape index (κ2) is 6.38. The molecular formula is C15H16Cl3NO4. The van der Waals surface area contributed by atoms with Gasteiger partial charge in [0.05, 0.1) is 12.8 Å². The topological polar surface area (TPSA) is 64.6 Å². The molecule has 0 spiro atoms. The molecule has 2 atom stereocenters. The van der Waals surface area contributed by atoms with Crippen molar-refractivity contribution in [3.63, 3.8) is 0 Å². The fourth-order valence-corrected chi connectivity index (χ4v) is 2.84. The van der Waals surface area contributed by atoms with E-state index in [-0.39, 0.29) is 0 Å². The van der Waals surface area contributed by atoms with Crippen molar-refractivity contribution in [2.24, 2.45) is 5.41 Å². The van der Waals surface area contributed by atoms with Crippen LogP contribution in [0.25, 0.3) is 0 Å². The van der Waals surface area contributed by atoms with Gasteiger partial charge >= 0.3 is 5.97 Å². The molecule has 0 saturated heterocycles. The molecule has 1 saturated carbocycles. The highest BCUT2D eigenvalue weighted by molar-refractivity contribution is 6.53. The molecule has 0 aliphatic heterocycles. The number of carbonyl (C=O) groups excluding carboxylic acids is 2. The Morgan fingerprint density at radius 2 is 1.96 bits per heavy atom. The third-order valence-electron chi connectivity index (χ3n) is 3.78. The summed E-state index contributed by atoms with van der Waals surface area (Å²) in [6, 6.07) is 4.79. The second-order valence-electron chi connectivity index (χ2n) is 5.59. The molecule has 0 heterocycles. The highest BCUT2D eigenvalue weighted by Gasteiger charge is 2.69. The molecule has 1 amide bonds. The minimum atomic E-state index is -1.14. The van der Waals surface area contributed by atoms with Gasteiger partial charge in [-0.3, -0.25) is 9.59 Å². The zero-order valence-electron chi connectivity index (χ0n) is 12.8. The van der Waals surface area contributed by atoms with Gasteiger partial charge in [-0.1, -0.05) is 11.6 Å². The third kappa shape index (κ3) is 3.67. The Balaban J connectivity index is 2.01. The van der Waals surface area contributed by atoms with Crippen LogP contribution in [0.1, 0.15) is 20.3 Å². The third-order valence-corrected chi connectivity index (χ3v) is 5.12. The first-order valence-electron chi connectivity index (χ1n) is 6.84. The second-order valence-corrected chi connectivity index (χ2v) is 7.52.